The van der Waals surface area contributed by atoms with Gasteiger partial charge in [-0.3, -0.25) is 0 Å². The Morgan fingerprint density at radius 2 is 0.744 bits per heavy atom. The minimum atomic E-state index is 0.411. The van der Waals surface area contributed by atoms with Crippen molar-refractivity contribution >= 4 is 21.9 Å². The number of nitrogens with zero attached hydrogens (tertiary/aromatic N) is 6. The maximum atomic E-state index is 6.37. The fraction of sp³-hybridized carbons (Fsp3) is 0.203. The molecule has 13 aromatic rings. The Kier molecular flexibility index (Phi) is 16.6. The van der Waals surface area contributed by atoms with Crippen molar-refractivity contribution in [3.8, 4) is 73.5 Å². The van der Waals surface area contributed by atoms with Crippen molar-refractivity contribution in [2.45, 2.75) is 88.0 Å². The van der Waals surface area contributed by atoms with Crippen LogP contribution in [0, 0.1) is 48.5 Å². The first-order valence-electron chi connectivity index (χ1n) is 30.2. The molecule has 4 aromatic heterocycles. The number of hydrogen-bond acceptors (Lipinski definition) is 1. The van der Waals surface area contributed by atoms with Gasteiger partial charge in [0.05, 0.1) is 32.3 Å². The molecule has 0 amide bonds. The lowest BCUT2D eigenvalue weighted by molar-refractivity contribution is -0.659. The molecule has 0 fully saturated rings. The van der Waals surface area contributed by atoms with E-state index in [0.717, 1.165) is 33.3 Å². The van der Waals surface area contributed by atoms with Gasteiger partial charge in [-0.1, -0.05) is 173 Å². The van der Waals surface area contributed by atoms with Gasteiger partial charge in [0.2, 0.25) is 0 Å². The van der Waals surface area contributed by atoms with Crippen LogP contribution in [-0.2, 0) is 21.1 Å². The molecular formula is C79H81N6O+3. The third-order valence-electron chi connectivity index (χ3n) is 17.0. The molecule has 0 unspecified atom stereocenters. The average Bonchev–Trinajstić information content (AvgIpc) is 3.80. The number of aryl methyl sites for hydroxylation is 10. The summed E-state index contributed by atoms with van der Waals surface area (Å²) < 4.78 is 20.0. The largest absolute Gasteiger partial charge is 0.455 e. The number of furan rings is 1. The highest BCUT2D eigenvalue weighted by Gasteiger charge is 2.30. The molecule has 0 atom stereocenters. The van der Waals surface area contributed by atoms with Crippen molar-refractivity contribution in [3.05, 3.63) is 275 Å². The molecule has 0 saturated carbocycles. The normalized spacial score (nSPS) is 11.3. The topological polar surface area (TPSA) is 39.6 Å². The zero-order valence-electron chi connectivity index (χ0n) is 52.6. The van der Waals surface area contributed by atoms with Crippen LogP contribution in [0.25, 0.3) is 95.4 Å². The molecule has 0 radical (unpaired) electrons. The lowest BCUT2D eigenvalue weighted by atomic mass is 9.88. The van der Waals surface area contributed by atoms with Gasteiger partial charge in [-0.15, -0.1) is 0 Å². The van der Waals surface area contributed by atoms with E-state index in [1.165, 1.54) is 112 Å². The van der Waals surface area contributed by atoms with Gasteiger partial charge in [-0.25, -0.2) is 13.7 Å². The van der Waals surface area contributed by atoms with E-state index in [1.807, 2.05) is 12.1 Å². The van der Waals surface area contributed by atoms with Gasteiger partial charge in [0.25, 0.3) is 17.5 Å². The van der Waals surface area contributed by atoms with Crippen molar-refractivity contribution in [1.29, 1.82) is 0 Å². The van der Waals surface area contributed by atoms with Crippen LogP contribution in [0.2, 0.25) is 0 Å². The highest BCUT2D eigenvalue weighted by molar-refractivity contribution is 6.09. The van der Waals surface area contributed by atoms with E-state index in [0.29, 0.717) is 11.8 Å². The molecule has 0 aliphatic rings. The van der Waals surface area contributed by atoms with Crippen molar-refractivity contribution in [2.75, 3.05) is 0 Å². The number of imidazole rings is 3. The number of benzene rings is 9. The molecule has 4 heterocycles. The maximum absolute atomic E-state index is 6.37. The number of rotatable bonds is 10. The first-order valence-corrected chi connectivity index (χ1v) is 30.2. The first-order chi connectivity index (χ1) is 41.5. The zero-order chi connectivity index (χ0) is 60.5. The molecule has 0 saturated heterocycles. The standard InChI is InChI=1S/C29H33N2.C25H23N2O.C25H25N2/c1-20(2)26-18-24(23-13-8-7-9-14-23)19-27(21(3)4)28(26)31-17-16-30(6)29(31)25-15-11-10-12-22(25)5;1-16-12-13-20-19-10-5-6-11-21(19)28-24(20)22(16)25-26(4)14-15-27(25)23-17(2)8-7-9-18(23)3;1-18-10-8-9-13-23(18)25-26(4)14-15-27(25)24-19(2)16-22(17-20(24)3)21-11-6-5-7-12-21/h7-21H,1-6H3;5-15H,1-4H3;5-17H,1-4H3/q3*+1. The number of hydrogen-bond donors (Lipinski definition) is 0. The summed E-state index contributed by atoms with van der Waals surface area (Å²) in [6.07, 6.45) is 12.9. The fourth-order valence-corrected chi connectivity index (χ4v) is 12.7. The Morgan fingerprint density at radius 3 is 1.24 bits per heavy atom. The summed E-state index contributed by atoms with van der Waals surface area (Å²) in [4.78, 5) is 0. The molecule has 0 spiro atoms. The van der Waals surface area contributed by atoms with Gasteiger partial charge >= 0.3 is 0 Å². The van der Waals surface area contributed by atoms with E-state index in [4.69, 9.17) is 4.42 Å². The molecule has 0 aliphatic carbocycles. The van der Waals surface area contributed by atoms with Crippen LogP contribution in [0.5, 0.6) is 0 Å². The minimum Gasteiger partial charge on any atom is -0.455 e. The Hall–Kier alpha value is -9.59. The maximum Gasteiger partial charge on any atom is 0.297 e. The van der Waals surface area contributed by atoms with Crippen LogP contribution in [0.3, 0.4) is 0 Å². The third-order valence-corrected chi connectivity index (χ3v) is 17.0. The molecule has 13 rings (SSSR count). The first kappa shape index (κ1) is 58.2. The smallest absolute Gasteiger partial charge is 0.297 e. The van der Waals surface area contributed by atoms with Gasteiger partial charge in [0.1, 0.15) is 65.4 Å². The summed E-state index contributed by atoms with van der Waals surface area (Å²) in [6, 6.07) is 67.0. The number of para-hydroxylation sites is 2. The minimum absolute atomic E-state index is 0.411. The molecule has 86 heavy (non-hydrogen) atoms. The second-order valence-electron chi connectivity index (χ2n) is 23.9. The van der Waals surface area contributed by atoms with E-state index in [9.17, 15) is 0 Å². The Bertz CT molecular complexity index is 4510. The highest BCUT2D eigenvalue weighted by Crippen LogP contribution is 2.40. The van der Waals surface area contributed by atoms with E-state index < -0.39 is 0 Å². The Labute approximate surface area is 509 Å². The molecule has 0 bridgehead atoms. The van der Waals surface area contributed by atoms with Gasteiger partial charge in [-0.2, -0.15) is 13.7 Å². The van der Waals surface area contributed by atoms with Crippen LogP contribution in [0.15, 0.2) is 230 Å². The van der Waals surface area contributed by atoms with Crippen LogP contribution in [0.1, 0.15) is 89.6 Å². The predicted octanol–water partition coefficient (Wildman–Crippen LogP) is 18.5. The summed E-state index contributed by atoms with van der Waals surface area (Å²) >= 11 is 0. The van der Waals surface area contributed by atoms with E-state index in [1.54, 1.807) is 0 Å². The Morgan fingerprint density at radius 1 is 0.337 bits per heavy atom. The monoisotopic (exact) mass is 1130 g/mol. The molecule has 0 aliphatic heterocycles. The second kappa shape index (κ2) is 24.6. The van der Waals surface area contributed by atoms with Crippen molar-refractivity contribution in [2.24, 2.45) is 21.1 Å². The lowest BCUT2D eigenvalue weighted by Crippen LogP contribution is -2.29. The fourth-order valence-electron chi connectivity index (χ4n) is 12.7. The zero-order valence-corrected chi connectivity index (χ0v) is 52.6. The van der Waals surface area contributed by atoms with Gasteiger partial charge in [-0.05, 0) is 164 Å². The van der Waals surface area contributed by atoms with E-state index in [-0.39, 0.29) is 0 Å². The van der Waals surface area contributed by atoms with Crippen molar-refractivity contribution in [3.63, 3.8) is 0 Å². The second-order valence-corrected chi connectivity index (χ2v) is 23.9. The van der Waals surface area contributed by atoms with Crippen LogP contribution in [0.4, 0.5) is 0 Å². The van der Waals surface area contributed by atoms with E-state index >= 15 is 0 Å². The summed E-state index contributed by atoms with van der Waals surface area (Å²) in [5.41, 5.74) is 26.1. The summed E-state index contributed by atoms with van der Waals surface area (Å²) in [5, 5.41) is 2.32. The molecule has 9 aromatic carbocycles. The quantitative estimate of drug-likeness (QED) is 0.126. The molecular weight excluding hydrogens is 1050 g/mol. The van der Waals surface area contributed by atoms with Gasteiger partial charge in [0, 0.05) is 21.9 Å². The molecule has 7 nitrogen and oxygen atoms in total. The van der Waals surface area contributed by atoms with Crippen LogP contribution in [-0.4, -0.2) is 13.7 Å². The van der Waals surface area contributed by atoms with Crippen LogP contribution < -0.4 is 13.7 Å². The summed E-state index contributed by atoms with van der Waals surface area (Å²) in [6.45, 7) is 24.5. The van der Waals surface area contributed by atoms with Crippen molar-refractivity contribution < 1.29 is 18.1 Å². The summed E-state index contributed by atoms with van der Waals surface area (Å²) in [7, 11) is 6.35. The molecule has 430 valence electrons. The SMILES string of the molecule is Cc1cccc(C)c1-n1cc[n+](C)c1-c1c(C)ccc2c1oc1ccccc12.Cc1ccccc1-c1n(-c2c(C(C)C)cc(-c3ccccc3)cc2C(C)C)cc[n+]1C.Cc1ccccc1-c1n(-c2c(C)cc(-c3ccccc3)cc2C)cc[n+]1C. The van der Waals surface area contributed by atoms with Gasteiger partial charge in [0.15, 0.2) is 5.58 Å². The average molecular weight is 1130 g/mol. The third kappa shape index (κ3) is 11.2. The molecule has 0 N–H and O–H groups in total. The Balaban J connectivity index is 0.000000134. The van der Waals surface area contributed by atoms with Crippen LogP contribution >= 0.6 is 0 Å². The van der Waals surface area contributed by atoms with Crippen molar-refractivity contribution in [1.82, 2.24) is 13.7 Å². The number of aromatic nitrogens is 6. The lowest BCUT2D eigenvalue weighted by Gasteiger charge is -2.20. The number of fused-ring (bicyclic) bond motifs is 3. The highest BCUT2D eigenvalue weighted by atomic mass is 16.3. The summed E-state index contributed by atoms with van der Waals surface area (Å²) in [5.74, 6) is 4.36. The molecule has 7 heteroatoms. The predicted molar refractivity (Wildman–Crippen MR) is 357 cm³/mol. The van der Waals surface area contributed by atoms with Gasteiger partial charge < -0.3 is 4.42 Å². The van der Waals surface area contributed by atoms with E-state index in [2.05, 4.69) is 338 Å².